The molecule has 0 radical (unpaired) electrons. The van der Waals surface area contributed by atoms with E-state index in [-0.39, 0.29) is 10.8 Å². The normalized spacial score (nSPS) is 13.3. The molecule has 0 fully saturated rings. The van der Waals surface area contributed by atoms with Crippen molar-refractivity contribution in [2.75, 3.05) is 18.5 Å². The number of amides is 1. The SMILES string of the molecule is COc1ccccc1N(C)S(=O)(=O)c1ccc(C(=O)NCc2cn3c(n2)CCCC3)cc1. The number of para-hydroxylation sites is 2. The lowest BCUT2D eigenvalue weighted by atomic mass is 10.2. The van der Waals surface area contributed by atoms with Crippen molar-refractivity contribution in [2.24, 2.45) is 0 Å². The second-order valence-corrected chi connectivity index (χ2v) is 9.62. The molecule has 0 atom stereocenters. The summed E-state index contributed by atoms with van der Waals surface area (Å²) in [4.78, 5) is 17.2. The Morgan fingerprint density at radius 3 is 2.62 bits per heavy atom. The van der Waals surface area contributed by atoms with Crippen LogP contribution in [0.15, 0.2) is 59.6 Å². The predicted octanol–water partition coefficient (Wildman–Crippen LogP) is 2.98. The number of nitrogens with one attached hydrogen (secondary N) is 1. The number of rotatable bonds is 7. The van der Waals surface area contributed by atoms with Crippen molar-refractivity contribution in [2.45, 2.75) is 37.2 Å². The van der Waals surface area contributed by atoms with Crippen LogP contribution in [0.2, 0.25) is 0 Å². The minimum Gasteiger partial charge on any atom is -0.495 e. The quantitative estimate of drug-likeness (QED) is 0.592. The number of ether oxygens (including phenoxy) is 1. The first-order valence-electron chi connectivity index (χ1n) is 10.5. The second kappa shape index (κ2) is 9.04. The Bertz CT molecular complexity index is 1200. The molecular weight excluding hydrogens is 428 g/mol. The molecule has 0 bridgehead atoms. The number of methoxy groups -OCH3 is 1. The monoisotopic (exact) mass is 454 g/mol. The number of hydrogen-bond acceptors (Lipinski definition) is 5. The van der Waals surface area contributed by atoms with Gasteiger partial charge in [0.2, 0.25) is 0 Å². The zero-order valence-electron chi connectivity index (χ0n) is 18.1. The van der Waals surface area contributed by atoms with Crippen molar-refractivity contribution in [3.8, 4) is 5.75 Å². The summed E-state index contributed by atoms with van der Waals surface area (Å²) in [6.45, 7) is 1.30. The second-order valence-electron chi connectivity index (χ2n) is 7.65. The standard InChI is InChI=1S/C23H26N4O4S/c1-26(20-7-3-4-8-21(20)31-2)32(29,30)19-12-10-17(11-13-19)23(28)24-15-18-16-27-14-6-5-9-22(27)25-18/h3-4,7-8,10-13,16H,5-6,9,14-15H2,1-2H3,(H,24,28). The zero-order chi connectivity index (χ0) is 22.7. The molecule has 1 amide bonds. The number of anilines is 1. The van der Waals surface area contributed by atoms with Gasteiger partial charge in [0.1, 0.15) is 11.6 Å². The number of sulfonamides is 1. The first kappa shape index (κ1) is 21.9. The molecule has 0 saturated heterocycles. The Hall–Kier alpha value is -3.33. The highest BCUT2D eigenvalue weighted by molar-refractivity contribution is 7.92. The number of nitrogens with zero attached hydrogens (tertiary/aromatic N) is 3. The summed E-state index contributed by atoms with van der Waals surface area (Å²) >= 11 is 0. The van der Waals surface area contributed by atoms with Crippen molar-refractivity contribution < 1.29 is 17.9 Å². The molecule has 0 unspecified atom stereocenters. The first-order valence-corrected chi connectivity index (χ1v) is 11.9. The first-order chi connectivity index (χ1) is 15.4. The minimum atomic E-state index is -3.82. The van der Waals surface area contributed by atoms with Gasteiger partial charge in [-0.15, -0.1) is 0 Å². The third kappa shape index (κ3) is 4.34. The van der Waals surface area contributed by atoms with Crippen LogP contribution in [0.5, 0.6) is 5.75 Å². The smallest absolute Gasteiger partial charge is 0.264 e. The molecule has 1 N–H and O–H groups in total. The van der Waals surface area contributed by atoms with Crippen molar-refractivity contribution in [3.05, 3.63) is 71.8 Å². The number of carbonyl (C=O) groups excluding carboxylic acids is 1. The molecule has 32 heavy (non-hydrogen) atoms. The summed E-state index contributed by atoms with van der Waals surface area (Å²) in [6, 6.07) is 12.8. The summed E-state index contributed by atoms with van der Waals surface area (Å²) in [5, 5.41) is 2.86. The van der Waals surface area contributed by atoms with Gasteiger partial charge < -0.3 is 14.6 Å². The lowest BCUT2D eigenvalue weighted by Crippen LogP contribution is -2.27. The fourth-order valence-corrected chi connectivity index (χ4v) is 4.99. The molecule has 3 aromatic rings. The molecule has 1 aromatic heterocycles. The Morgan fingerprint density at radius 1 is 1.16 bits per heavy atom. The number of hydrogen-bond donors (Lipinski definition) is 1. The molecule has 4 rings (SSSR count). The average Bonchev–Trinajstić information content (AvgIpc) is 3.25. The van der Waals surface area contributed by atoms with Crippen LogP contribution in [-0.4, -0.2) is 38.0 Å². The van der Waals surface area contributed by atoms with E-state index in [2.05, 4.69) is 14.9 Å². The number of fused-ring (bicyclic) bond motifs is 1. The summed E-state index contributed by atoms with van der Waals surface area (Å²) in [7, 11) is -0.853. The topological polar surface area (TPSA) is 93.5 Å². The van der Waals surface area contributed by atoms with Gasteiger partial charge in [-0.2, -0.15) is 0 Å². The summed E-state index contributed by atoms with van der Waals surface area (Å²) < 4.78 is 34.7. The van der Waals surface area contributed by atoms with E-state index in [9.17, 15) is 13.2 Å². The van der Waals surface area contributed by atoms with Gasteiger partial charge in [-0.1, -0.05) is 12.1 Å². The summed E-state index contributed by atoms with van der Waals surface area (Å²) in [5.41, 5.74) is 1.64. The Morgan fingerprint density at radius 2 is 1.91 bits per heavy atom. The molecule has 1 aliphatic rings. The highest BCUT2D eigenvalue weighted by Crippen LogP contribution is 2.30. The van der Waals surface area contributed by atoms with Crippen LogP contribution in [0, 0.1) is 0 Å². The van der Waals surface area contributed by atoms with E-state index in [1.165, 1.54) is 42.7 Å². The number of aryl methyl sites for hydroxylation is 2. The van der Waals surface area contributed by atoms with Crippen LogP contribution in [-0.2, 0) is 29.5 Å². The molecule has 9 heteroatoms. The highest BCUT2D eigenvalue weighted by Gasteiger charge is 2.24. The van der Waals surface area contributed by atoms with Crippen molar-refractivity contribution in [1.29, 1.82) is 0 Å². The van der Waals surface area contributed by atoms with Crippen LogP contribution >= 0.6 is 0 Å². The van der Waals surface area contributed by atoms with Crippen molar-refractivity contribution in [3.63, 3.8) is 0 Å². The van der Waals surface area contributed by atoms with Crippen LogP contribution in [0.3, 0.4) is 0 Å². The van der Waals surface area contributed by atoms with E-state index < -0.39 is 10.0 Å². The van der Waals surface area contributed by atoms with Gasteiger partial charge in [-0.3, -0.25) is 9.10 Å². The molecule has 8 nitrogen and oxygen atoms in total. The lowest BCUT2D eigenvalue weighted by molar-refractivity contribution is 0.0950. The maximum absolute atomic E-state index is 13.0. The Kier molecular flexibility index (Phi) is 6.18. The molecule has 0 aliphatic carbocycles. The van der Waals surface area contributed by atoms with Crippen LogP contribution in [0.25, 0.3) is 0 Å². The van der Waals surface area contributed by atoms with Gasteiger partial charge in [-0.25, -0.2) is 13.4 Å². The van der Waals surface area contributed by atoms with E-state index in [1.54, 1.807) is 24.3 Å². The molecule has 0 saturated carbocycles. The third-order valence-electron chi connectivity index (χ3n) is 5.59. The third-order valence-corrected chi connectivity index (χ3v) is 7.37. The van der Waals surface area contributed by atoms with Gasteiger partial charge in [0.25, 0.3) is 15.9 Å². The van der Waals surface area contributed by atoms with Gasteiger partial charge in [0, 0.05) is 31.8 Å². The molecule has 1 aliphatic heterocycles. The molecule has 168 valence electrons. The average molecular weight is 455 g/mol. The molecule has 0 spiro atoms. The number of aromatic nitrogens is 2. The van der Waals surface area contributed by atoms with Crippen LogP contribution in [0.4, 0.5) is 5.69 Å². The van der Waals surface area contributed by atoms with E-state index in [1.807, 2.05) is 6.20 Å². The van der Waals surface area contributed by atoms with Gasteiger partial charge in [0.05, 0.1) is 29.9 Å². The number of imidazole rings is 1. The fourth-order valence-electron chi connectivity index (χ4n) is 3.79. The Labute approximate surface area is 187 Å². The van der Waals surface area contributed by atoms with Crippen molar-refractivity contribution >= 4 is 21.6 Å². The van der Waals surface area contributed by atoms with E-state index >= 15 is 0 Å². The number of carbonyl (C=O) groups is 1. The molecule has 2 aromatic carbocycles. The zero-order valence-corrected chi connectivity index (χ0v) is 18.9. The maximum Gasteiger partial charge on any atom is 0.264 e. The molecule has 2 heterocycles. The minimum absolute atomic E-state index is 0.0873. The molecular formula is C23H26N4O4S. The van der Waals surface area contributed by atoms with Crippen molar-refractivity contribution in [1.82, 2.24) is 14.9 Å². The highest BCUT2D eigenvalue weighted by atomic mass is 32.2. The summed E-state index contributed by atoms with van der Waals surface area (Å²) in [5.74, 6) is 1.24. The van der Waals surface area contributed by atoms with E-state index in [0.29, 0.717) is 23.5 Å². The Balaban J connectivity index is 1.44. The van der Waals surface area contributed by atoms with Gasteiger partial charge in [-0.05, 0) is 49.2 Å². The predicted molar refractivity (Wildman–Crippen MR) is 121 cm³/mol. The van der Waals surface area contributed by atoms with Crippen LogP contribution in [0.1, 0.15) is 34.7 Å². The fraction of sp³-hybridized carbons (Fsp3) is 0.304. The lowest BCUT2D eigenvalue weighted by Gasteiger charge is -2.21. The van der Waals surface area contributed by atoms with Gasteiger partial charge in [0.15, 0.2) is 0 Å². The van der Waals surface area contributed by atoms with Crippen LogP contribution < -0.4 is 14.4 Å². The number of benzene rings is 2. The maximum atomic E-state index is 13.0. The van der Waals surface area contributed by atoms with E-state index in [0.717, 1.165) is 37.3 Å². The largest absolute Gasteiger partial charge is 0.495 e. The van der Waals surface area contributed by atoms with Gasteiger partial charge >= 0.3 is 0 Å². The van der Waals surface area contributed by atoms with E-state index in [4.69, 9.17) is 4.74 Å². The summed E-state index contributed by atoms with van der Waals surface area (Å²) in [6.07, 6.45) is 5.24.